The number of benzene rings is 1. The fraction of sp³-hybridized carbons (Fsp3) is 0.412. The third kappa shape index (κ3) is 4.61. The van der Waals surface area contributed by atoms with E-state index in [1.165, 1.54) is 6.42 Å². The first-order valence-electron chi connectivity index (χ1n) is 7.53. The Morgan fingerprint density at radius 3 is 2.43 bits per heavy atom. The largest absolute Gasteiger partial charge is 0.492 e. The Balaban J connectivity index is 1.87. The maximum Gasteiger partial charge on any atom is 0.119 e. The highest BCUT2D eigenvalue weighted by molar-refractivity contribution is 9.10. The van der Waals surface area contributed by atoms with E-state index in [0.29, 0.717) is 0 Å². The third-order valence-electron chi connectivity index (χ3n) is 3.48. The molecule has 0 aliphatic heterocycles. The molecule has 1 heterocycles. The molecule has 0 saturated carbocycles. The van der Waals surface area contributed by atoms with E-state index < -0.39 is 0 Å². The molecular formula is C17H23BrN2O. The number of hydrogen-bond donors (Lipinski definition) is 0. The summed E-state index contributed by atoms with van der Waals surface area (Å²) in [5.41, 5.74) is 1.13. The lowest BCUT2D eigenvalue weighted by Crippen LogP contribution is -2.28. The van der Waals surface area contributed by atoms with E-state index in [4.69, 9.17) is 4.74 Å². The van der Waals surface area contributed by atoms with Gasteiger partial charge >= 0.3 is 0 Å². The van der Waals surface area contributed by atoms with Crippen molar-refractivity contribution >= 4 is 15.9 Å². The van der Waals surface area contributed by atoms with E-state index in [1.54, 1.807) is 0 Å². The summed E-state index contributed by atoms with van der Waals surface area (Å²) in [7, 11) is 0. The topological polar surface area (TPSA) is 17.4 Å². The molecule has 21 heavy (non-hydrogen) atoms. The minimum atomic E-state index is 0.737. The normalized spacial score (nSPS) is 11.0. The quantitative estimate of drug-likeness (QED) is 0.704. The van der Waals surface area contributed by atoms with E-state index in [0.717, 1.165) is 42.3 Å². The lowest BCUT2D eigenvalue weighted by atomic mass is 10.3. The van der Waals surface area contributed by atoms with Crippen LogP contribution in [0.3, 0.4) is 0 Å². The summed E-state index contributed by atoms with van der Waals surface area (Å²) in [4.78, 5) is 2.41. The van der Waals surface area contributed by atoms with Crippen LogP contribution in [-0.2, 0) is 0 Å². The zero-order chi connectivity index (χ0) is 15.1. The molecule has 1 aromatic carbocycles. The minimum Gasteiger partial charge on any atom is -0.492 e. The monoisotopic (exact) mass is 350 g/mol. The van der Waals surface area contributed by atoms with Gasteiger partial charge in [-0.3, -0.25) is 0 Å². The Morgan fingerprint density at radius 1 is 1.10 bits per heavy atom. The van der Waals surface area contributed by atoms with Gasteiger partial charge in [-0.2, -0.15) is 0 Å². The van der Waals surface area contributed by atoms with Gasteiger partial charge in [0.25, 0.3) is 0 Å². The van der Waals surface area contributed by atoms with Crippen LogP contribution in [0, 0.1) is 0 Å². The van der Waals surface area contributed by atoms with Crippen LogP contribution in [0.4, 0.5) is 0 Å². The van der Waals surface area contributed by atoms with Gasteiger partial charge in [0.1, 0.15) is 12.4 Å². The number of ether oxygens (including phenoxy) is 1. The van der Waals surface area contributed by atoms with Crippen LogP contribution in [0.2, 0.25) is 0 Å². The fourth-order valence-electron chi connectivity index (χ4n) is 2.31. The van der Waals surface area contributed by atoms with Gasteiger partial charge in [0.15, 0.2) is 0 Å². The summed E-state index contributed by atoms with van der Waals surface area (Å²) < 4.78 is 8.96. The molecule has 0 atom stereocenters. The minimum absolute atomic E-state index is 0.737. The van der Waals surface area contributed by atoms with Gasteiger partial charge in [-0.1, -0.05) is 13.8 Å². The molecule has 0 amide bonds. The van der Waals surface area contributed by atoms with E-state index in [1.807, 2.05) is 30.5 Å². The molecule has 0 fully saturated rings. The molecule has 0 aliphatic rings. The van der Waals surface area contributed by atoms with Crippen LogP contribution >= 0.6 is 15.9 Å². The van der Waals surface area contributed by atoms with Crippen LogP contribution < -0.4 is 4.74 Å². The van der Waals surface area contributed by atoms with Crippen molar-refractivity contribution in [1.29, 1.82) is 0 Å². The van der Waals surface area contributed by atoms with Gasteiger partial charge in [0.05, 0.1) is 4.60 Å². The summed E-state index contributed by atoms with van der Waals surface area (Å²) in [5.74, 6) is 0.926. The average Bonchev–Trinajstić information content (AvgIpc) is 2.93. The van der Waals surface area contributed by atoms with Crippen molar-refractivity contribution in [3.8, 4) is 11.4 Å². The lowest BCUT2D eigenvalue weighted by molar-refractivity contribution is 0.216. The fourth-order valence-corrected chi connectivity index (χ4v) is 2.78. The number of aromatic nitrogens is 1. The van der Waals surface area contributed by atoms with Crippen LogP contribution in [0.5, 0.6) is 5.75 Å². The summed E-state index contributed by atoms with van der Waals surface area (Å²) in [6.45, 7) is 8.34. The van der Waals surface area contributed by atoms with Crippen LogP contribution in [0.15, 0.2) is 47.2 Å². The first kappa shape index (κ1) is 16.1. The van der Waals surface area contributed by atoms with Gasteiger partial charge in [-0.05, 0) is 71.8 Å². The van der Waals surface area contributed by atoms with Crippen molar-refractivity contribution in [2.24, 2.45) is 0 Å². The predicted octanol–water partition coefficient (Wildman–Crippen LogP) is 4.35. The number of likely N-dealkylation sites (N-methyl/N-ethyl adjacent to an activating group) is 1. The molecule has 0 spiro atoms. The Morgan fingerprint density at radius 2 is 1.86 bits per heavy atom. The molecule has 0 bridgehead atoms. The first-order chi connectivity index (χ1) is 10.2. The number of nitrogens with zero attached hydrogens (tertiary/aromatic N) is 2. The third-order valence-corrected chi connectivity index (χ3v) is 4.12. The zero-order valence-corrected chi connectivity index (χ0v) is 14.3. The number of halogens is 1. The second-order valence-corrected chi connectivity index (χ2v) is 5.79. The van der Waals surface area contributed by atoms with Crippen molar-refractivity contribution in [3.63, 3.8) is 0 Å². The molecule has 0 aliphatic carbocycles. The molecular weight excluding hydrogens is 328 g/mol. The molecule has 0 unspecified atom stereocenters. The van der Waals surface area contributed by atoms with Crippen molar-refractivity contribution in [2.45, 2.75) is 20.3 Å². The summed E-state index contributed by atoms with van der Waals surface area (Å²) in [5, 5.41) is 0. The van der Waals surface area contributed by atoms with Gasteiger partial charge in [-0.15, -0.1) is 0 Å². The second kappa shape index (κ2) is 8.25. The van der Waals surface area contributed by atoms with Gasteiger partial charge in [0, 0.05) is 18.4 Å². The van der Waals surface area contributed by atoms with Crippen LogP contribution in [0.1, 0.15) is 20.3 Å². The molecule has 0 saturated heterocycles. The first-order valence-corrected chi connectivity index (χ1v) is 8.32. The van der Waals surface area contributed by atoms with E-state index in [9.17, 15) is 0 Å². The Labute approximate surface area is 135 Å². The van der Waals surface area contributed by atoms with Crippen LogP contribution in [0.25, 0.3) is 5.69 Å². The molecule has 3 nitrogen and oxygen atoms in total. The Kier molecular flexibility index (Phi) is 6.33. The maximum absolute atomic E-state index is 5.82. The zero-order valence-electron chi connectivity index (χ0n) is 12.8. The summed E-state index contributed by atoms with van der Waals surface area (Å²) in [6, 6.07) is 12.2. The highest BCUT2D eigenvalue weighted by atomic mass is 79.9. The standard InChI is InChI=1S/C17H23BrN2O/c1-3-11-19(4-2)13-14-21-16-9-7-15(8-10-16)20-12-5-6-17(20)18/h5-10,12H,3-4,11,13-14H2,1-2H3. The van der Waals surface area contributed by atoms with E-state index in [2.05, 4.69) is 51.4 Å². The molecule has 2 rings (SSSR count). The number of rotatable bonds is 8. The summed E-state index contributed by atoms with van der Waals surface area (Å²) in [6.07, 6.45) is 3.22. The summed E-state index contributed by atoms with van der Waals surface area (Å²) >= 11 is 3.53. The highest BCUT2D eigenvalue weighted by Gasteiger charge is 2.03. The average molecular weight is 351 g/mol. The van der Waals surface area contributed by atoms with E-state index in [-0.39, 0.29) is 0 Å². The van der Waals surface area contributed by atoms with Gasteiger partial charge < -0.3 is 14.2 Å². The van der Waals surface area contributed by atoms with Gasteiger partial charge in [0.2, 0.25) is 0 Å². The Bertz CT molecular complexity index is 536. The van der Waals surface area contributed by atoms with E-state index >= 15 is 0 Å². The smallest absolute Gasteiger partial charge is 0.119 e. The Hall–Kier alpha value is -1.26. The molecule has 1 aromatic heterocycles. The van der Waals surface area contributed by atoms with Gasteiger partial charge in [-0.25, -0.2) is 0 Å². The lowest BCUT2D eigenvalue weighted by Gasteiger charge is -2.19. The molecule has 2 aromatic rings. The van der Waals surface area contributed by atoms with Crippen molar-refractivity contribution in [3.05, 3.63) is 47.2 Å². The van der Waals surface area contributed by atoms with Crippen molar-refractivity contribution < 1.29 is 4.74 Å². The number of hydrogen-bond acceptors (Lipinski definition) is 2. The van der Waals surface area contributed by atoms with Crippen LogP contribution in [-0.4, -0.2) is 35.7 Å². The molecule has 0 N–H and O–H groups in total. The maximum atomic E-state index is 5.82. The molecule has 0 radical (unpaired) electrons. The van der Waals surface area contributed by atoms with Crippen molar-refractivity contribution in [2.75, 3.05) is 26.2 Å². The predicted molar refractivity (Wildman–Crippen MR) is 91.4 cm³/mol. The van der Waals surface area contributed by atoms with Crippen molar-refractivity contribution in [1.82, 2.24) is 9.47 Å². The SMILES string of the molecule is CCCN(CC)CCOc1ccc(-n2cccc2Br)cc1. The molecule has 114 valence electrons. The molecule has 4 heteroatoms. The highest BCUT2D eigenvalue weighted by Crippen LogP contribution is 2.20. The second-order valence-electron chi connectivity index (χ2n) is 4.98.